The molecule has 2 aliphatic rings. The van der Waals surface area contributed by atoms with E-state index in [9.17, 15) is 32.4 Å². The molecule has 2 heterocycles. The topological polar surface area (TPSA) is 125 Å². The van der Waals surface area contributed by atoms with Gasteiger partial charge in [-0.15, -0.1) is 10.2 Å². The summed E-state index contributed by atoms with van der Waals surface area (Å²) in [6.07, 6.45) is 1.42. The molecular weight excluding hydrogens is 580 g/mol. The summed E-state index contributed by atoms with van der Waals surface area (Å²) in [7, 11) is 0. The number of carbonyl (C=O) groups excluding carboxylic acids is 2. The van der Waals surface area contributed by atoms with Crippen LogP contribution in [0.4, 0.5) is 28.4 Å². The summed E-state index contributed by atoms with van der Waals surface area (Å²) in [5, 5.41) is 20.4. The van der Waals surface area contributed by atoms with Gasteiger partial charge in [-0.3, -0.25) is 14.5 Å². The van der Waals surface area contributed by atoms with E-state index in [4.69, 9.17) is 5.73 Å². The number of anilines is 2. The van der Waals surface area contributed by atoms with Gasteiger partial charge in [0.05, 0.1) is 23.3 Å². The van der Waals surface area contributed by atoms with Crippen LogP contribution in [-0.2, 0) is 9.59 Å². The predicted molar refractivity (Wildman–Crippen MR) is 145 cm³/mol. The van der Waals surface area contributed by atoms with Gasteiger partial charge in [0.25, 0.3) is 0 Å². The van der Waals surface area contributed by atoms with Crippen molar-refractivity contribution in [3.63, 3.8) is 0 Å². The van der Waals surface area contributed by atoms with Crippen LogP contribution in [-0.4, -0.2) is 27.6 Å². The van der Waals surface area contributed by atoms with Crippen LogP contribution in [0.1, 0.15) is 36.3 Å². The van der Waals surface area contributed by atoms with Crippen LogP contribution < -0.4 is 16.0 Å². The lowest BCUT2D eigenvalue weighted by Crippen LogP contribution is -2.38. The van der Waals surface area contributed by atoms with Crippen molar-refractivity contribution in [2.75, 3.05) is 16.0 Å². The first-order valence-electron chi connectivity index (χ1n) is 12.2. The highest BCUT2D eigenvalue weighted by atomic mass is 32.2. The number of hydrogen-bond donors (Lipinski definition) is 2. The largest absolute Gasteiger partial charge is 0.384 e. The van der Waals surface area contributed by atoms with Crippen LogP contribution >= 0.6 is 23.1 Å². The molecule has 0 saturated carbocycles. The molecule has 2 aromatic carbocycles. The predicted octanol–water partition coefficient (Wildman–Crippen LogP) is 5.44. The lowest BCUT2D eigenvalue weighted by atomic mass is 9.75. The summed E-state index contributed by atoms with van der Waals surface area (Å²) in [5.74, 6) is -8.72. The molecule has 1 amide bonds. The van der Waals surface area contributed by atoms with E-state index in [2.05, 4.69) is 16.3 Å². The van der Waals surface area contributed by atoms with Gasteiger partial charge in [-0.2, -0.15) is 5.26 Å². The van der Waals surface area contributed by atoms with Crippen LogP contribution in [0, 0.1) is 41.5 Å². The maximum absolute atomic E-state index is 13.9. The summed E-state index contributed by atoms with van der Waals surface area (Å²) in [6.45, 7) is 1.92. The first-order chi connectivity index (χ1) is 19.6. The van der Waals surface area contributed by atoms with E-state index in [-0.39, 0.29) is 32.7 Å². The Balaban J connectivity index is 1.41. The number of aryl methyl sites for hydroxylation is 1. The van der Waals surface area contributed by atoms with E-state index in [1.165, 1.54) is 0 Å². The quantitative estimate of drug-likeness (QED) is 0.218. The van der Waals surface area contributed by atoms with E-state index in [1.54, 1.807) is 4.90 Å². The van der Waals surface area contributed by atoms with E-state index < -0.39 is 46.5 Å². The fourth-order valence-corrected chi connectivity index (χ4v) is 6.51. The maximum atomic E-state index is 13.9. The molecule has 1 aliphatic carbocycles. The van der Waals surface area contributed by atoms with Crippen LogP contribution in [0.5, 0.6) is 0 Å². The third-order valence-corrected chi connectivity index (χ3v) is 8.62. The van der Waals surface area contributed by atoms with Gasteiger partial charge in [-0.1, -0.05) is 52.9 Å². The second kappa shape index (κ2) is 11.3. The molecule has 41 heavy (non-hydrogen) atoms. The minimum Gasteiger partial charge on any atom is -0.384 e. The summed E-state index contributed by atoms with van der Waals surface area (Å²) in [4.78, 5) is 27.1. The Kier molecular flexibility index (Phi) is 7.83. The van der Waals surface area contributed by atoms with Gasteiger partial charge in [0.1, 0.15) is 11.5 Å². The molecule has 1 atom stereocenters. The molecular formula is C27H20F4N6O2S2. The third kappa shape index (κ3) is 5.30. The Labute approximate surface area is 239 Å². The van der Waals surface area contributed by atoms with Crippen molar-refractivity contribution in [2.24, 2.45) is 5.73 Å². The zero-order valence-corrected chi connectivity index (χ0v) is 22.9. The molecule has 3 N–H and O–H groups in total. The van der Waals surface area contributed by atoms with E-state index in [0.29, 0.717) is 30.5 Å². The fraction of sp³-hybridized carbons (Fsp3) is 0.222. The number of benzene rings is 2. The summed E-state index contributed by atoms with van der Waals surface area (Å²) in [6, 6.07) is 9.75. The zero-order valence-electron chi connectivity index (χ0n) is 21.3. The number of nitrogens with zero attached hydrogens (tertiary/aromatic N) is 4. The minimum atomic E-state index is -1.73. The van der Waals surface area contributed by atoms with Gasteiger partial charge in [0, 0.05) is 23.8 Å². The molecule has 1 aromatic heterocycles. The number of nitrogens with two attached hydrogens (primary N) is 1. The molecule has 210 valence electrons. The number of ketones is 1. The van der Waals surface area contributed by atoms with Crippen molar-refractivity contribution < 1.29 is 27.2 Å². The molecule has 0 saturated heterocycles. The highest BCUT2D eigenvalue weighted by molar-refractivity contribution is 8.01. The highest BCUT2D eigenvalue weighted by Crippen LogP contribution is 2.47. The van der Waals surface area contributed by atoms with E-state index in [0.717, 1.165) is 34.2 Å². The molecule has 0 radical (unpaired) electrons. The molecule has 14 heteroatoms. The lowest BCUT2D eigenvalue weighted by molar-refractivity contribution is -0.116. The van der Waals surface area contributed by atoms with Crippen molar-refractivity contribution in [1.82, 2.24) is 10.2 Å². The second-order valence-corrected chi connectivity index (χ2v) is 11.4. The number of rotatable bonds is 6. The SMILES string of the molecule is Cc1cccc(C2C(C#N)=C(N)N(c3nnc(SCC(=O)Nc4c(F)c(F)cc(F)c4F)s3)C3=C2C(=O)CCC3)c1. The van der Waals surface area contributed by atoms with Gasteiger partial charge in [-0.05, 0) is 25.3 Å². The molecule has 8 nitrogen and oxygen atoms in total. The van der Waals surface area contributed by atoms with Gasteiger partial charge >= 0.3 is 0 Å². The Morgan fingerprint density at radius 3 is 2.61 bits per heavy atom. The smallest absolute Gasteiger partial charge is 0.234 e. The number of hydrogen-bond acceptors (Lipinski definition) is 9. The Morgan fingerprint density at radius 1 is 1.20 bits per heavy atom. The number of halogens is 4. The van der Waals surface area contributed by atoms with Crippen molar-refractivity contribution in [1.29, 1.82) is 5.26 Å². The molecule has 0 bridgehead atoms. The second-order valence-electron chi connectivity index (χ2n) is 9.26. The van der Waals surface area contributed by atoms with Gasteiger partial charge in [-0.25, -0.2) is 17.6 Å². The van der Waals surface area contributed by atoms with Crippen molar-refractivity contribution >= 4 is 45.6 Å². The van der Waals surface area contributed by atoms with E-state index in [1.807, 2.05) is 36.5 Å². The third-order valence-electron chi connectivity index (χ3n) is 6.58. The average molecular weight is 601 g/mol. The average Bonchev–Trinajstić information content (AvgIpc) is 3.41. The molecule has 3 aromatic rings. The number of thioether (sulfide) groups is 1. The number of nitrogens with one attached hydrogen (secondary N) is 1. The number of allylic oxidation sites excluding steroid dienone is 3. The Hall–Kier alpha value is -4.22. The summed E-state index contributed by atoms with van der Waals surface area (Å²) < 4.78 is 54.9. The van der Waals surface area contributed by atoms with Crippen molar-refractivity contribution in [3.05, 3.63) is 87.4 Å². The minimum absolute atomic E-state index is 0.0418. The van der Waals surface area contributed by atoms with Gasteiger partial charge in [0.2, 0.25) is 11.0 Å². The Bertz CT molecular complexity index is 1670. The van der Waals surface area contributed by atoms with Crippen LogP contribution in [0.3, 0.4) is 0 Å². The summed E-state index contributed by atoms with van der Waals surface area (Å²) >= 11 is 1.88. The molecule has 0 fully saturated rings. The normalized spacial score (nSPS) is 17.0. The first kappa shape index (κ1) is 28.3. The first-order valence-corrected chi connectivity index (χ1v) is 14.0. The monoisotopic (exact) mass is 600 g/mol. The fourth-order valence-electron chi connectivity index (χ4n) is 4.82. The molecule has 0 spiro atoms. The zero-order chi connectivity index (χ0) is 29.4. The summed E-state index contributed by atoms with van der Waals surface area (Å²) in [5.41, 5.74) is 8.33. The molecule has 5 rings (SSSR count). The van der Waals surface area contributed by atoms with Crippen molar-refractivity contribution in [2.45, 2.75) is 36.4 Å². The Morgan fingerprint density at radius 2 is 1.93 bits per heavy atom. The highest BCUT2D eigenvalue weighted by Gasteiger charge is 2.41. The number of carbonyl (C=O) groups is 2. The molecule has 1 unspecified atom stereocenters. The van der Waals surface area contributed by atoms with E-state index >= 15 is 0 Å². The number of Topliss-reactive ketones (excluding diaryl/α,β-unsaturated/α-hetero) is 1. The van der Waals surface area contributed by atoms with Gasteiger partial charge < -0.3 is 11.1 Å². The lowest BCUT2D eigenvalue weighted by Gasteiger charge is -2.38. The van der Waals surface area contributed by atoms with Crippen LogP contribution in [0.25, 0.3) is 0 Å². The molecule has 1 aliphatic heterocycles. The van der Waals surface area contributed by atoms with Crippen LogP contribution in [0.15, 0.2) is 57.3 Å². The standard InChI is InChI=1S/C27H20F4N6O2S2/c1-12-4-2-5-13(8-12)20-14(10-32)25(33)37(17-6-3-7-18(38)21(17)20)26-35-36-27(41-26)40-11-19(39)34-24-22(30)15(28)9-16(29)23(24)31/h2,4-5,8-9,20H,3,6-7,11,33H2,1H3,(H,34,39). The number of nitriles is 1. The maximum Gasteiger partial charge on any atom is 0.234 e. The number of aromatic nitrogens is 2. The van der Waals surface area contributed by atoms with Gasteiger partial charge in [0.15, 0.2) is 33.4 Å². The van der Waals surface area contributed by atoms with Crippen molar-refractivity contribution in [3.8, 4) is 6.07 Å². The van der Waals surface area contributed by atoms with Crippen LogP contribution in [0.2, 0.25) is 0 Å². The number of amides is 1.